The van der Waals surface area contributed by atoms with E-state index in [4.69, 9.17) is 0 Å². The summed E-state index contributed by atoms with van der Waals surface area (Å²) < 4.78 is 16.4. The molecule has 13 heavy (non-hydrogen) atoms. The molecule has 0 aliphatic rings. The number of hydrogen-bond donors (Lipinski definition) is 0. The molecular weight excluding hydrogens is 169 g/mol. The van der Waals surface area contributed by atoms with Gasteiger partial charge >= 0.3 is 0 Å². The van der Waals surface area contributed by atoms with Gasteiger partial charge in [-0.05, 0) is 19.8 Å². The Morgan fingerprint density at radius 2 is 2.23 bits per heavy atom. The number of allylic oxidation sites excluding steroid dienone is 2. The van der Waals surface area contributed by atoms with Gasteiger partial charge in [0.1, 0.15) is 0 Å². The van der Waals surface area contributed by atoms with Gasteiger partial charge in [0.2, 0.25) is 0 Å². The first-order valence-electron chi connectivity index (χ1n) is 4.65. The van der Waals surface area contributed by atoms with Crippen LogP contribution in [0.15, 0.2) is 16.8 Å². The van der Waals surface area contributed by atoms with E-state index in [2.05, 4.69) is 22.7 Å². The molecule has 0 aliphatic heterocycles. The molecule has 0 saturated carbocycles. The molecule has 0 fully saturated rings. The summed E-state index contributed by atoms with van der Waals surface area (Å²) in [4.78, 5) is 4.19. The van der Waals surface area contributed by atoms with Crippen LogP contribution in [0.5, 0.6) is 0 Å². The largest absolute Gasteiger partial charge is 0.342 e. The van der Waals surface area contributed by atoms with Crippen molar-refractivity contribution in [3.8, 4) is 0 Å². The fourth-order valence-corrected chi connectivity index (χ4v) is 0.867. The van der Waals surface area contributed by atoms with E-state index < -0.39 is 6.86 Å². The summed E-state index contributed by atoms with van der Waals surface area (Å²) in [6, 6.07) is 0. The maximum Gasteiger partial charge on any atom is 0.189 e. The minimum atomic E-state index is -0.758. The topological polar surface area (TPSA) is 21.6 Å². The second kappa shape index (κ2) is 7.92. The molecule has 3 heteroatoms. The standard InChI is InChI=1S/C10H18FNO/c1-4-6-10(5-2)12-7-9(3)13-8-11/h6-7,9H,4-5,8H2,1-3H3/b10-6-,12-7?. The lowest BCUT2D eigenvalue weighted by atomic mass is 10.3. The Morgan fingerprint density at radius 1 is 1.54 bits per heavy atom. The third kappa shape index (κ3) is 6.46. The second-order valence-corrected chi connectivity index (χ2v) is 2.72. The lowest BCUT2D eigenvalue weighted by Gasteiger charge is -2.03. The molecule has 0 aliphatic carbocycles. The minimum absolute atomic E-state index is 0.253. The van der Waals surface area contributed by atoms with Crippen LogP contribution in [0, 0.1) is 0 Å². The Bertz CT molecular complexity index is 178. The van der Waals surface area contributed by atoms with Gasteiger partial charge in [0, 0.05) is 11.9 Å². The van der Waals surface area contributed by atoms with Gasteiger partial charge in [0.25, 0.3) is 0 Å². The maximum atomic E-state index is 11.7. The van der Waals surface area contributed by atoms with E-state index in [0.29, 0.717) is 0 Å². The number of aliphatic imine (C=N–C) groups is 1. The monoisotopic (exact) mass is 187 g/mol. The highest BCUT2D eigenvalue weighted by Gasteiger charge is 1.96. The fraction of sp³-hybridized carbons (Fsp3) is 0.700. The average molecular weight is 187 g/mol. The molecule has 0 aromatic carbocycles. The smallest absolute Gasteiger partial charge is 0.189 e. The van der Waals surface area contributed by atoms with Crippen molar-refractivity contribution in [3.05, 3.63) is 11.8 Å². The summed E-state index contributed by atoms with van der Waals surface area (Å²) in [7, 11) is 0. The first-order chi connectivity index (χ1) is 6.24. The van der Waals surface area contributed by atoms with Gasteiger partial charge in [-0.25, -0.2) is 4.39 Å². The molecule has 1 atom stereocenters. The van der Waals surface area contributed by atoms with E-state index in [1.165, 1.54) is 0 Å². The number of rotatable bonds is 6. The molecular formula is C10H18FNO. The molecule has 76 valence electrons. The molecule has 0 rings (SSSR count). The van der Waals surface area contributed by atoms with E-state index in [0.717, 1.165) is 18.5 Å². The second-order valence-electron chi connectivity index (χ2n) is 2.72. The number of nitrogens with zero attached hydrogens (tertiary/aromatic N) is 1. The van der Waals surface area contributed by atoms with Gasteiger partial charge in [0.15, 0.2) is 6.86 Å². The van der Waals surface area contributed by atoms with Crippen LogP contribution in [0.2, 0.25) is 0 Å². The van der Waals surface area contributed by atoms with Crippen LogP contribution in [-0.4, -0.2) is 19.2 Å². The van der Waals surface area contributed by atoms with Gasteiger partial charge in [0.05, 0.1) is 6.10 Å². The van der Waals surface area contributed by atoms with Crippen LogP contribution < -0.4 is 0 Å². The summed E-state index contributed by atoms with van der Waals surface area (Å²) >= 11 is 0. The third-order valence-corrected chi connectivity index (χ3v) is 1.58. The Morgan fingerprint density at radius 3 is 2.69 bits per heavy atom. The van der Waals surface area contributed by atoms with Crippen LogP contribution in [0.25, 0.3) is 0 Å². The molecule has 0 amide bonds. The molecule has 0 aromatic heterocycles. The molecule has 0 heterocycles. The summed E-state index contributed by atoms with van der Waals surface area (Å²) in [6.45, 7) is 5.11. The van der Waals surface area contributed by atoms with Gasteiger partial charge < -0.3 is 4.74 Å². The lowest BCUT2D eigenvalue weighted by Crippen LogP contribution is -2.08. The van der Waals surface area contributed by atoms with Crippen molar-refractivity contribution in [2.45, 2.75) is 39.7 Å². The zero-order valence-electron chi connectivity index (χ0n) is 8.59. The molecule has 2 nitrogen and oxygen atoms in total. The highest BCUT2D eigenvalue weighted by Crippen LogP contribution is 2.03. The van der Waals surface area contributed by atoms with Crippen molar-refractivity contribution in [2.24, 2.45) is 4.99 Å². The Kier molecular flexibility index (Phi) is 7.50. The molecule has 0 saturated heterocycles. The van der Waals surface area contributed by atoms with Crippen molar-refractivity contribution in [1.29, 1.82) is 0 Å². The van der Waals surface area contributed by atoms with Crippen molar-refractivity contribution in [2.75, 3.05) is 6.86 Å². The SMILES string of the molecule is CC/C=C(/CC)N=CC(C)OCF. The molecule has 0 radical (unpaired) electrons. The Balaban J connectivity index is 3.98. The van der Waals surface area contributed by atoms with Crippen LogP contribution >= 0.6 is 0 Å². The van der Waals surface area contributed by atoms with E-state index in [1.807, 2.05) is 6.92 Å². The summed E-state index contributed by atoms with van der Waals surface area (Å²) in [6.07, 6.45) is 5.30. The van der Waals surface area contributed by atoms with Crippen LogP contribution in [0.3, 0.4) is 0 Å². The molecule has 0 bridgehead atoms. The highest BCUT2D eigenvalue weighted by atomic mass is 19.1. The predicted octanol–water partition coefficient (Wildman–Crippen LogP) is 3.09. The third-order valence-electron chi connectivity index (χ3n) is 1.58. The van der Waals surface area contributed by atoms with E-state index in [9.17, 15) is 4.39 Å². The van der Waals surface area contributed by atoms with Crippen molar-refractivity contribution < 1.29 is 9.13 Å². The van der Waals surface area contributed by atoms with E-state index >= 15 is 0 Å². The quantitative estimate of drug-likeness (QED) is 0.585. The molecule has 0 aromatic rings. The minimum Gasteiger partial charge on any atom is -0.342 e. The van der Waals surface area contributed by atoms with Gasteiger partial charge in [-0.2, -0.15) is 0 Å². The van der Waals surface area contributed by atoms with E-state index in [1.54, 1.807) is 13.1 Å². The zero-order valence-corrected chi connectivity index (χ0v) is 8.59. The molecule has 0 spiro atoms. The zero-order chi connectivity index (χ0) is 10.1. The van der Waals surface area contributed by atoms with Crippen LogP contribution in [-0.2, 0) is 4.74 Å². The van der Waals surface area contributed by atoms with Crippen molar-refractivity contribution in [1.82, 2.24) is 0 Å². The molecule has 0 N–H and O–H groups in total. The van der Waals surface area contributed by atoms with Crippen LogP contribution in [0.1, 0.15) is 33.6 Å². The fourth-order valence-electron chi connectivity index (χ4n) is 0.867. The van der Waals surface area contributed by atoms with Crippen molar-refractivity contribution >= 4 is 6.21 Å². The van der Waals surface area contributed by atoms with Crippen molar-refractivity contribution in [3.63, 3.8) is 0 Å². The Labute approximate surface area is 79.5 Å². The van der Waals surface area contributed by atoms with Gasteiger partial charge in [-0.15, -0.1) is 0 Å². The normalized spacial score (nSPS) is 15.2. The Hall–Kier alpha value is -0.700. The van der Waals surface area contributed by atoms with Gasteiger partial charge in [-0.3, -0.25) is 4.99 Å². The highest BCUT2D eigenvalue weighted by molar-refractivity contribution is 5.63. The average Bonchev–Trinajstić information content (AvgIpc) is 2.12. The lowest BCUT2D eigenvalue weighted by molar-refractivity contribution is 0.0408. The first-order valence-corrected chi connectivity index (χ1v) is 4.65. The predicted molar refractivity (Wildman–Crippen MR) is 53.7 cm³/mol. The number of ether oxygens (including phenoxy) is 1. The van der Waals surface area contributed by atoms with Gasteiger partial charge in [-0.1, -0.05) is 19.9 Å². The summed E-state index contributed by atoms with van der Waals surface area (Å²) in [5.41, 5.74) is 1.02. The molecule has 1 unspecified atom stereocenters. The summed E-state index contributed by atoms with van der Waals surface area (Å²) in [5.74, 6) is 0. The van der Waals surface area contributed by atoms with E-state index in [-0.39, 0.29) is 6.10 Å². The summed E-state index contributed by atoms with van der Waals surface area (Å²) in [5, 5.41) is 0. The first kappa shape index (κ1) is 12.3. The number of alkyl halides is 1. The maximum absolute atomic E-state index is 11.7. The number of halogens is 1. The van der Waals surface area contributed by atoms with Crippen LogP contribution in [0.4, 0.5) is 4.39 Å². The number of hydrogen-bond acceptors (Lipinski definition) is 2.